The van der Waals surface area contributed by atoms with E-state index in [0.29, 0.717) is 6.04 Å². The van der Waals surface area contributed by atoms with Gasteiger partial charge in [0.25, 0.3) is 0 Å². The lowest BCUT2D eigenvalue weighted by atomic mass is 9.68. The summed E-state index contributed by atoms with van der Waals surface area (Å²) >= 11 is 0. The summed E-state index contributed by atoms with van der Waals surface area (Å²) in [5, 5.41) is 4.35. The molecule has 1 atom stereocenters. The molecular formula is C11H17N3. The van der Waals surface area contributed by atoms with E-state index in [1.807, 2.05) is 12.3 Å². The highest BCUT2D eigenvalue weighted by atomic mass is 15.3. The third-order valence-electron chi connectivity index (χ3n) is 4.03. The van der Waals surface area contributed by atoms with E-state index in [0.717, 1.165) is 17.7 Å². The highest BCUT2D eigenvalue weighted by molar-refractivity contribution is 5.27. The normalized spacial score (nSPS) is 36.1. The number of anilines is 1. The maximum Gasteiger partial charge on any atom is 0.121 e. The van der Waals surface area contributed by atoms with E-state index in [9.17, 15) is 0 Å². The van der Waals surface area contributed by atoms with Crippen molar-refractivity contribution in [2.75, 3.05) is 5.73 Å². The molecule has 3 aliphatic rings. The molecule has 14 heavy (non-hydrogen) atoms. The van der Waals surface area contributed by atoms with Crippen LogP contribution in [0.1, 0.15) is 38.1 Å². The maximum absolute atomic E-state index is 5.90. The van der Waals surface area contributed by atoms with Crippen LogP contribution in [-0.2, 0) is 0 Å². The van der Waals surface area contributed by atoms with Gasteiger partial charge in [0.15, 0.2) is 0 Å². The van der Waals surface area contributed by atoms with E-state index in [-0.39, 0.29) is 0 Å². The Labute approximate surface area is 84.3 Å². The summed E-state index contributed by atoms with van der Waals surface area (Å²) in [6, 6.07) is 2.50. The Balaban J connectivity index is 1.89. The number of aromatic nitrogens is 2. The number of hydrogen-bond acceptors (Lipinski definition) is 2. The Bertz CT molecular complexity index is 323. The standard InChI is InChI=1S/C11H17N3/c12-11-5-6-13-14(11)10-7-8-1-3-9(10)4-2-8/h5-6,8-10H,1-4,7,12H2. The van der Waals surface area contributed by atoms with Crippen molar-refractivity contribution in [3.05, 3.63) is 12.3 Å². The Kier molecular flexibility index (Phi) is 1.79. The molecule has 2 bridgehead atoms. The van der Waals surface area contributed by atoms with Gasteiger partial charge in [-0.15, -0.1) is 0 Å². The monoisotopic (exact) mass is 191 g/mol. The molecule has 1 aromatic heterocycles. The first-order valence-corrected chi connectivity index (χ1v) is 5.63. The van der Waals surface area contributed by atoms with E-state index in [1.165, 1.54) is 32.1 Å². The minimum Gasteiger partial charge on any atom is -0.384 e. The minimum atomic E-state index is 0.595. The highest BCUT2D eigenvalue weighted by Crippen LogP contribution is 2.47. The third-order valence-corrected chi connectivity index (χ3v) is 4.03. The van der Waals surface area contributed by atoms with Crippen LogP contribution in [0.3, 0.4) is 0 Å². The number of hydrogen-bond donors (Lipinski definition) is 1. The second-order valence-electron chi connectivity index (χ2n) is 4.78. The smallest absolute Gasteiger partial charge is 0.121 e. The molecule has 3 nitrogen and oxygen atoms in total. The SMILES string of the molecule is Nc1ccnn1C1CC2CCC1CC2. The van der Waals surface area contributed by atoms with Crippen molar-refractivity contribution in [2.45, 2.75) is 38.1 Å². The van der Waals surface area contributed by atoms with Crippen molar-refractivity contribution in [1.29, 1.82) is 0 Å². The summed E-state index contributed by atoms with van der Waals surface area (Å²) < 4.78 is 2.05. The molecule has 76 valence electrons. The Morgan fingerprint density at radius 3 is 2.57 bits per heavy atom. The fourth-order valence-corrected chi connectivity index (χ4v) is 3.24. The molecule has 0 saturated heterocycles. The van der Waals surface area contributed by atoms with Gasteiger partial charge in [-0.3, -0.25) is 0 Å². The van der Waals surface area contributed by atoms with Crippen LogP contribution >= 0.6 is 0 Å². The van der Waals surface area contributed by atoms with E-state index in [4.69, 9.17) is 5.73 Å². The van der Waals surface area contributed by atoms with Crippen LogP contribution in [0, 0.1) is 11.8 Å². The molecule has 3 saturated carbocycles. The lowest BCUT2D eigenvalue weighted by Gasteiger charge is -2.42. The average Bonchev–Trinajstić information content (AvgIpc) is 2.66. The zero-order valence-corrected chi connectivity index (χ0v) is 8.39. The fourth-order valence-electron chi connectivity index (χ4n) is 3.24. The van der Waals surface area contributed by atoms with E-state index in [2.05, 4.69) is 9.78 Å². The minimum absolute atomic E-state index is 0.595. The molecule has 3 fully saturated rings. The van der Waals surface area contributed by atoms with Crippen molar-refractivity contribution < 1.29 is 0 Å². The van der Waals surface area contributed by atoms with Crippen molar-refractivity contribution in [3.8, 4) is 0 Å². The summed E-state index contributed by atoms with van der Waals surface area (Å²) in [4.78, 5) is 0. The molecule has 3 heteroatoms. The topological polar surface area (TPSA) is 43.8 Å². The second kappa shape index (κ2) is 3.01. The van der Waals surface area contributed by atoms with Crippen LogP contribution in [-0.4, -0.2) is 9.78 Å². The van der Waals surface area contributed by atoms with Gasteiger partial charge in [0, 0.05) is 0 Å². The van der Waals surface area contributed by atoms with Crippen LogP contribution in [0.25, 0.3) is 0 Å². The lowest BCUT2D eigenvalue weighted by Crippen LogP contribution is -2.34. The predicted octanol–water partition coefficient (Wildman–Crippen LogP) is 2.22. The first-order valence-electron chi connectivity index (χ1n) is 5.63. The number of nitrogens with zero attached hydrogens (tertiary/aromatic N) is 2. The second-order valence-corrected chi connectivity index (χ2v) is 4.78. The van der Waals surface area contributed by atoms with Gasteiger partial charge in [-0.05, 0) is 37.2 Å². The summed E-state index contributed by atoms with van der Waals surface area (Å²) in [6.07, 6.45) is 8.75. The molecule has 1 unspecified atom stereocenters. The van der Waals surface area contributed by atoms with Crippen molar-refractivity contribution in [2.24, 2.45) is 11.8 Å². The highest BCUT2D eigenvalue weighted by Gasteiger charge is 2.37. The molecule has 3 aliphatic carbocycles. The molecule has 0 amide bonds. The summed E-state index contributed by atoms with van der Waals surface area (Å²) in [7, 11) is 0. The molecule has 1 aromatic rings. The molecule has 0 aromatic carbocycles. The summed E-state index contributed by atoms with van der Waals surface area (Å²) in [6.45, 7) is 0. The summed E-state index contributed by atoms with van der Waals surface area (Å²) in [5.74, 6) is 2.61. The zero-order chi connectivity index (χ0) is 9.54. The number of nitrogen functional groups attached to an aromatic ring is 1. The first-order chi connectivity index (χ1) is 6.84. The number of rotatable bonds is 1. The Morgan fingerprint density at radius 2 is 2.07 bits per heavy atom. The lowest BCUT2D eigenvalue weighted by molar-refractivity contribution is 0.0986. The van der Waals surface area contributed by atoms with Crippen LogP contribution in [0.4, 0.5) is 5.82 Å². The molecule has 0 spiro atoms. The van der Waals surface area contributed by atoms with Gasteiger partial charge in [-0.25, -0.2) is 4.68 Å². The van der Waals surface area contributed by atoms with Gasteiger partial charge >= 0.3 is 0 Å². The Morgan fingerprint density at radius 1 is 1.29 bits per heavy atom. The van der Waals surface area contributed by atoms with Crippen LogP contribution < -0.4 is 5.73 Å². The van der Waals surface area contributed by atoms with E-state index < -0.39 is 0 Å². The molecule has 2 N–H and O–H groups in total. The quantitative estimate of drug-likeness (QED) is 0.739. The Hall–Kier alpha value is -0.990. The molecular weight excluding hydrogens is 174 g/mol. The predicted molar refractivity (Wildman–Crippen MR) is 55.7 cm³/mol. The van der Waals surface area contributed by atoms with Crippen LogP contribution in [0.15, 0.2) is 12.3 Å². The molecule has 4 rings (SSSR count). The number of nitrogens with two attached hydrogens (primary N) is 1. The van der Waals surface area contributed by atoms with Crippen LogP contribution in [0.2, 0.25) is 0 Å². The van der Waals surface area contributed by atoms with Gasteiger partial charge < -0.3 is 5.73 Å². The van der Waals surface area contributed by atoms with E-state index in [1.54, 1.807) is 0 Å². The van der Waals surface area contributed by atoms with Gasteiger partial charge in [-0.2, -0.15) is 5.10 Å². The molecule has 1 heterocycles. The third kappa shape index (κ3) is 1.15. The first kappa shape index (κ1) is 8.33. The largest absolute Gasteiger partial charge is 0.384 e. The number of fused-ring (bicyclic) bond motifs is 3. The van der Waals surface area contributed by atoms with Gasteiger partial charge in [0.05, 0.1) is 12.2 Å². The average molecular weight is 191 g/mol. The van der Waals surface area contributed by atoms with Gasteiger partial charge in [-0.1, -0.05) is 12.8 Å². The molecule has 0 aliphatic heterocycles. The van der Waals surface area contributed by atoms with Crippen molar-refractivity contribution >= 4 is 5.82 Å². The van der Waals surface area contributed by atoms with Crippen LogP contribution in [0.5, 0.6) is 0 Å². The fraction of sp³-hybridized carbons (Fsp3) is 0.727. The van der Waals surface area contributed by atoms with Gasteiger partial charge in [0.2, 0.25) is 0 Å². The summed E-state index contributed by atoms with van der Waals surface area (Å²) in [5.41, 5.74) is 5.90. The van der Waals surface area contributed by atoms with E-state index >= 15 is 0 Å². The van der Waals surface area contributed by atoms with Crippen molar-refractivity contribution in [3.63, 3.8) is 0 Å². The van der Waals surface area contributed by atoms with Gasteiger partial charge in [0.1, 0.15) is 5.82 Å². The zero-order valence-electron chi connectivity index (χ0n) is 8.39. The maximum atomic E-state index is 5.90. The van der Waals surface area contributed by atoms with Crippen molar-refractivity contribution in [1.82, 2.24) is 9.78 Å². The molecule has 0 radical (unpaired) electrons.